The van der Waals surface area contributed by atoms with Gasteiger partial charge in [-0.2, -0.15) is 0 Å². The van der Waals surface area contributed by atoms with E-state index in [1.165, 1.54) is 7.05 Å². The van der Waals surface area contributed by atoms with Gasteiger partial charge in [0, 0.05) is 23.0 Å². The van der Waals surface area contributed by atoms with Crippen molar-refractivity contribution in [2.75, 3.05) is 7.05 Å². The van der Waals surface area contributed by atoms with E-state index in [4.69, 9.17) is 23.2 Å². The van der Waals surface area contributed by atoms with E-state index >= 15 is 0 Å². The predicted molar refractivity (Wildman–Crippen MR) is 81.0 cm³/mol. The van der Waals surface area contributed by atoms with Gasteiger partial charge in [-0.1, -0.05) is 23.2 Å². The molecule has 0 atom stereocenters. The number of hydrogen-bond donors (Lipinski definition) is 3. The fourth-order valence-electron chi connectivity index (χ4n) is 1.80. The zero-order valence-corrected chi connectivity index (χ0v) is 12.4. The van der Waals surface area contributed by atoms with E-state index in [1.54, 1.807) is 18.3 Å². The molecule has 1 heterocycles. The molecule has 0 aliphatic carbocycles. The summed E-state index contributed by atoms with van der Waals surface area (Å²) in [4.78, 5) is 24.4. The molecule has 20 heavy (non-hydrogen) atoms. The molecular weight excluding hydrogens is 301 g/mol. The third kappa shape index (κ3) is 3.96. The molecule has 4 N–H and O–H groups in total. The number of amides is 2. The summed E-state index contributed by atoms with van der Waals surface area (Å²) in [5.74, 6) is -0.313. The summed E-state index contributed by atoms with van der Waals surface area (Å²) in [5.41, 5.74) is 6.24. The number of nitrogens with two attached hydrogens (primary N) is 1. The molecule has 2 amide bonds. The van der Waals surface area contributed by atoms with E-state index in [0.717, 1.165) is 16.5 Å². The molecule has 0 radical (unpaired) electrons. The molecular formula is C13H15Cl2N3O2. The molecule has 1 aromatic carbocycles. The SMILES string of the molecule is CN.O=CNC(=O)CCc1c[nH]c2c(Cl)cc(Cl)cc12. The quantitative estimate of drug-likeness (QED) is 0.756. The van der Waals surface area contributed by atoms with Gasteiger partial charge in [0.2, 0.25) is 12.3 Å². The van der Waals surface area contributed by atoms with Crippen LogP contribution in [0.3, 0.4) is 0 Å². The smallest absolute Gasteiger partial charge is 0.226 e. The summed E-state index contributed by atoms with van der Waals surface area (Å²) in [7, 11) is 1.50. The van der Waals surface area contributed by atoms with Crippen LogP contribution in [0.5, 0.6) is 0 Å². The van der Waals surface area contributed by atoms with Gasteiger partial charge in [-0.15, -0.1) is 0 Å². The second-order valence-electron chi connectivity index (χ2n) is 3.81. The molecule has 0 unspecified atom stereocenters. The summed E-state index contributed by atoms with van der Waals surface area (Å²) < 4.78 is 0. The van der Waals surface area contributed by atoms with Gasteiger partial charge in [0.05, 0.1) is 10.5 Å². The van der Waals surface area contributed by atoms with Gasteiger partial charge in [0.25, 0.3) is 0 Å². The number of benzene rings is 1. The number of aromatic amines is 1. The van der Waals surface area contributed by atoms with Crippen LogP contribution in [-0.4, -0.2) is 24.3 Å². The number of aryl methyl sites for hydroxylation is 1. The molecule has 0 aliphatic heterocycles. The Bertz CT molecular complexity index is 611. The fourth-order valence-corrected chi connectivity index (χ4v) is 2.35. The normalized spacial score (nSPS) is 9.80. The summed E-state index contributed by atoms with van der Waals surface area (Å²) >= 11 is 12.0. The highest BCUT2D eigenvalue weighted by Gasteiger charge is 2.09. The van der Waals surface area contributed by atoms with Crippen molar-refractivity contribution in [3.63, 3.8) is 0 Å². The Kier molecular flexibility index (Phi) is 6.51. The van der Waals surface area contributed by atoms with Crippen molar-refractivity contribution in [3.8, 4) is 0 Å². The van der Waals surface area contributed by atoms with Crippen LogP contribution < -0.4 is 11.1 Å². The standard InChI is InChI=1S/C12H10Cl2N2O2.CH5N/c13-8-3-9-7(1-2-11(18)16-6-17)5-15-12(9)10(14)4-8;1-2/h3-6,15H,1-2H2,(H,16,17,18);2H2,1H3. The van der Waals surface area contributed by atoms with Crippen LogP contribution in [0.1, 0.15) is 12.0 Å². The molecule has 2 rings (SSSR count). The van der Waals surface area contributed by atoms with E-state index in [0.29, 0.717) is 22.9 Å². The van der Waals surface area contributed by atoms with Crippen LogP contribution in [-0.2, 0) is 16.0 Å². The molecule has 0 saturated heterocycles. The number of nitrogens with one attached hydrogen (secondary N) is 2. The van der Waals surface area contributed by atoms with Crippen molar-refractivity contribution in [2.24, 2.45) is 5.73 Å². The number of aromatic nitrogens is 1. The average Bonchev–Trinajstić information content (AvgIpc) is 2.82. The summed E-state index contributed by atoms with van der Waals surface area (Å²) in [6, 6.07) is 3.46. The lowest BCUT2D eigenvalue weighted by atomic mass is 10.1. The van der Waals surface area contributed by atoms with Crippen molar-refractivity contribution >= 4 is 46.4 Å². The summed E-state index contributed by atoms with van der Waals surface area (Å²) in [6.45, 7) is 0. The molecule has 0 spiro atoms. The zero-order valence-electron chi connectivity index (χ0n) is 10.9. The van der Waals surface area contributed by atoms with Gasteiger partial charge in [-0.25, -0.2) is 0 Å². The number of rotatable bonds is 4. The Labute approximate surface area is 126 Å². The number of carbonyl (C=O) groups excluding carboxylic acids is 2. The molecule has 108 valence electrons. The zero-order chi connectivity index (χ0) is 15.1. The maximum absolute atomic E-state index is 11.2. The van der Waals surface area contributed by atoms with E-state index < -0.39 is 0 Å². The summed E-state index contributed by atoms with van der Waals surface area (Å²) in [6.07, 6.45) is 2.92. The first-order chi connectivity index (χ1) is 9.61. The first-order valence-electron chi connectivity index (χ1n) is 5.87. The highest BCUT2D eigenvalue weighted by atomic mass is 35.5. The van der Waals surface area contributed by atoms with E-state index in [2.05, 4.69) is 16.0 Å². The molecule has 7 heteroatoms. The number of imide groups is 1. The Morgan fingerprint density at radius 1 is 1.40 bits per heavy atom. The molecule has 0 aliphatic rings. The first-order valence-corrected chi connectivity index (χ1v) is 6.63. The van der Waals surface area contributed by atoms with Crippen molar-refractivity contribution in [2.45, 2.75) is 12.8 Å². The molecule has 0 bridgehead atoms. The second-order valence-corrected chi connectivity index (χ2v) is 4.65. The largest absolute Gasteiger partial charge is 0.360 e. The Hall–Kier alpha value is -1.56. The van der Waals surface area contributed by atoms with Crippen LogP contribution in [0.15, 0.2) is 18.3 Å². The van der Waals surface area contributed by atoms with Gasteiger partial charge in [0.1, 0.15) is 0 Å². The number of halogens is 2. The monoisotopic (exact) mass is 315 g/mol. The van der Waals surface area contributed by atoms with E-state index in [-0.39, 0.29) is 12.3 Å². The van der Waals surface area contributed by atoms with E-state index in [9.17, 15) is 9.59 Å². The number of fused-ring (bicyclic) bond motifs is 1. The Balaban J connectivity index is 0.000000956. The molecule has 2 aromatic rings. The minimum absolute atomic E-state index is 0.232. The lowest BCUT2D eigenvalue weighted by molar-refractivity contribution is -0.125. The highest BCUT2D eigenvalue weighted by molar-refractivity contribution is 6.38. The minimum atomic E-state index is -0.313. The van der Waals surface area contributed by atoms with Gasteiger partial charge in [-0.05, 0) is 31.2 Å². The first kappa shape index (κ1) is 16.5. The van der Waals surface area contributed by atoms with E-state index in [1.807, 2.05) is 0 Å². The Morgan fingerprint density at radius 2 is 2.10 bits per heavy atom. The third-order valence-electron chi connectivity index (χ3n) is 2.63. The average molecular weight is 316 g/mol. The van der Waals surface area contributed by atoms with Crippen LogP contribution in [0.4, 0.5) is 0 Å². The Morgan fingerprint density at radius 3 is 2.75 bits per heavy atom. The molecule has 0 fully saturated rings. The molecule has 0 saturated carbocycles. The minimum Gasteiger partial charge on any atom is -0.360 e. The van der Waals surface area contributed by atoms with Crippen molar-refractivity contribution in [1.82, 2.24) is 10.3 Å². The number of H-pyrrole nitrogens is 1. The fraction of sp³-hybridized carbons (Fsp3) is 0.231. The van der Waals surface area contributed by atoms with Crippen molar-refractivity contribution in [1.29, 1.82) is 0 Å². The third-order valence-corrected chi connectivity index (χ3v) is 3.15. The maximum Gasteiger partial charge on any atom is 0.226 e. The highest BCUT2D eigenvalue weighted by Crippen LogP contribution is 2.29. The number of hydrogen-bond acceptors (Lipinski definition) is 3. The van der Waals surface area contributed by atoms with Crippen LogP contribution in [0.25, 0.3) is 10.9 Å². The topological polar surface area (TPSA) is 88.0 Å². The van der Waals surface area contributed by atoms with Crippen molar-refractivity contribution < 1.29 is 9.59 Å². The maximum atomic E-state index is 11.2. The summed E-state index contributed by atoms with van der Waals surface area (Å²) in [5, 5.41) is 4.08. The molecule has 1 aromatic heterocycles. The predicted octanol–water partition coefficient (Wildman–Crippen LogP) is 2.25. The second kappa shape index (κ2) is 7.89. The lowest BCUT2D eigenvalue weighted by Gasteiger charge is -2.00. The lowest BCUT2D eigenvalue weighted by Crippen LogP contribution is -2.21. The number of carbonyl (C=O) groups is 2. The van der Waals surface area contributed by atoms with Gasteiger partial charge < -0.3 is 10.7 Å². The van der Waals surface area contributed by atoms with Gasteiger partial charge in [-0.3, -0.25) is 14.9 Å². The van der Waals surface area contributed by atoms with Crippen LogP contribution in [0, 0.1) is 0 Å². The van der Waals surface area contributed by atoms with Gasteiger partial charge >= 0.3 is 0 Å². The van der Waals surface area contributed by atoms with Crippen LogP contribution in [0.2, 0.25) is 10.0 Å². The van der Waals surface area contributed by atoms with Crippen LogP contribution >= 0.6 is 23.2 Å². The van der Waals surface area contributed by atoms with Gasteiger partial charge in [0.15, 0.2) is 0 Å². The van der Waals surface area contributed by atoms with Crippen molar-refractivity contribution in [3.05, 3.63) is 33.9 Å². The molecule has 5 nitrogen and oxygen atoms in total.